The molecule has 124 valence electrons. The third kappa shape index (κ3) is 4.75. The summed E-state index contributed by atoms with van der Waals surface area (Å²) in [6.07, 6.45) is 1.47. The van der Waals surface area contributed by atoms with Crippen molar-refractivity contribution in [3.05, 3.63) is 63.7 Å². The Hall–Kier alpha value is -3.00. The van der Waals surface area contributed by atoms with E-state index < -0.39 is 4.92 Å². The summed E-state index contributed by atoms with van der Waals surface area (Å²) in [6, 6.07) is 12.1. The van der Waals surface area contributed by atoms with E-state index in [1.54, 1.807) is 38.3 Å². The van der Waals surface area contributed by atoms with Gasteiger partial charge in [-0.15, -0.1) is 0 Å². The first-order valence-electron chi connectivity index (χ1n) is 6.99. The molecule has 0 aliphatic heterocycles. The Morgan fingerprint density at radius 1 is 1.29 bits per heavy atom. The van der Waals surface area contributed by atoms with E-state index in [4.69, 9.17) is 17.0 Å². The highest BCUT2D eigenvalue weighted by atomic mass is 32.1. The van der Waals surface area contributed by atoms with E-state index in [1.165, 1.54) is 12.3 Å². The van der Waals surface area contributed by atoms with Gasteiger partial charge in [0.15, 0.2) is 5.11 Å². The fourth-order valence-electron chi connectivity index (χ4n) is 1.90. The summed E-state index contributed by atoms with van der Waals surface area (Å²) in [5.41, 5.74) is 4.70. The van der Waals surface area contributed by atoms with E-state index in [-0.39, 0.29) is 5.69 Å². The SMILES string of the molecule is COc1ccc(NC(=S)N/N=C\c2ccc(C)c([N+](=O)[O-])c2)cc1. The van der Waals surface area contributed by atoms with Crippen LogP contribution in [0.3, 0.4) is 0 Å². The van der Waals surface area contributed by atoms with Crippen molar-refractivity contribution in [2.45, 2.75) is 6.92 Å². The monoisotopic (exact) mass is 344 g/mol. The van der Waals surface area contributed by atoms with Crippen LogP contribution in [0.2, 0.25) is 0 Å². The van der Waals surface area contributed by atoms with Crippen molar-refractivity contribution in [2.75, 3.05) is 12.4 Å². The molecule has 0 amide bonds. The lowest BCUT2D eigenvalue weighted by Gasteiger charge is -2.07. The third-order valence-corrected chi connectivity index (χ3v) is 3.35. The Labute approximate surface area is 144 Å². The smallest absolute Gasteiger partial charge is 0.272 e. The number of hydrogen-bond donors (Lipinski definition) is 2. The minimum Gasteiger partial charge on any atom is -0.497 e. The van der Waals surface area contributed by atoms with Crippen LogP contribution in [0.25, 0.3) is 0 Å². The summed E-state index contributed by atoms with van der Waals surface area (Å²) in [7, 11) is 1.60. The number of methoxy groups -OCH3 is 1. The molecule has 2 aromatic rings. The number of nitrogens with one attached hydrogen (secondary N) is 2. The maximum Gasteiger partial charge on any atom is 0.272 e. The zero-order chi connectivity index (χ0) is 17.5. The molecular formula is C16H16N4O3S. The summed E-state index contributed by atoms with van der Waals surface area (Å²) in [5, 5.41) is 18.2. The lowest BCUT2D eigenvalue weighted by atomic mass is 10.1. The maximum absolute atomic E-state index is 10.9. The van der Waals surface area contributed by atoms with Gasteiger partial charge >= 0.3 is 0 Å². The summed E-state index contributed by atoms with van der Waals surface area (Å²) in [5.74, 6) is 0.749. The first kappa shape index (κ1) is 17.4. The van der Waals surface area contributed by atoms with E-state index in [9.17, 15) is 10.1 Å². The fraction of sp³-hybridized carbons (Fsp3) is 0.125. The molecule has 0 unspecified atom stereocenters. The average molecular weight is 344 g/mol. The van der Waals surface area contributed by atoms with Crippen molar-refractivity contribution in [3.8, 4) is 5.75 Å². The standard InChI is InChI=1S/C16H16N4O3S/c1-11-3-4-12(9-15(11)20(21)22)10-17-19-16(24)18-13-5-7-14(23-2)8-6-13/h3-10H,1-2H3,(H2,18,19,24)/b17-10-. The highest BCUT2D eigenvalue weighted by molar-refractivity contribution is 7.80. The number of rotatable bonds is 5. The molecule has 2 rings (SSSR count). The quantitative estimate of drug-likeness (QED) is 0.375. The molecule has 0 aromatic heterocycles. The van der Waals surface area contributed by atoms with Crippen molar-refractivity contribution in [1.29, 1.82) is 0 Å². The molecule has 0 aliphatic carbocycles. The Balaban J connectivity index is 1.94. The highest BCUT2D eigenvalue weighted by Gasteiger charge is 2.09. The number of aryl methyl sites for hydroxylation is 1. The minimum absolute atomic E-state index is 0.0536. The molecule has 0 spiro atoms. The second kappa shape index (κ2) is 8.02. The molecule has 0 bridgehead atoms. The number of benzene rings is 2. The van der Waals surface area contributed by atoms with Crippen LogP contribution in [0.5, 0.6) is 5.75 Å². The van der Waals surface area contributed by atoms with Gasteiger partial charge in [-0.3, -0.25) is 15.5 Å². The molecular weight excluding hydrogens is 328 g/mol. The predicted molar refractivity (Wildman–Crippen MR) is 97.8 cm³/mol. The van der Waals surface area contributed by atoms with Crippen LogP contribution in [0.4, 0.5) is 11.4 Å². The van der Waals surface area contributed by atoms with Crippen LogP contribution in [-0.4, -0.2) is 23.4 Å². The molecule has 0 heterocycles. The maximum atomic E-state index is 10.9. The van der Waals surface area contributed by atoms with Crippen LogP contribution in [0, 0.1) is 17.0 Å². The number of hydrogen-bond acceptors (Lipinski definition) is 5. The molecule has 0 fully saturated rings. The number of anilines is 1. The normalized spacial score (nSPS) is 10.4. The number of hydrazone groups is 1. The number of nitrogens with zero attached hydrogens (tertiary/aromatic N) is 2. The first-order chi connectivity index (χ1) is 11.5. The van der Waals surface area contributed by atoms with Gasteiger partial charge in [0.1, 0.15) is 5.75 Å². The van der Waals surface area contributed by atoms with E-state index in [0.717, 1.165) is 11.4 Å². The molecule has 0 saturated heterocycles. The van der Waals surface area contributed by atoms with Gasteiger partial charge in [-0.2, -0.15) is 5.10 Å². The van der Waals surface area contributed by atoms with Gasteiger partial charge in [0.25, 0.3) is 5.69 Å². The van der Waals surface area contributed by atoms with Crippen LogP contribution in [-0.2, 0) is 0 Å². The first-order valence-corrected chi connectivity index (χ1v) is 7.39. The van der Waals surface area contributed by atoms with Crippen LogP contribution in [0.15, 0.2) is 47.6 Å². The Bertz CT molecular complexity index is 775. The van der Waals surface area contributed by atoms with E-state index in [0.29, 0.717) is 16.2 Å². The average Bonchev–Trinajstić information content (AvgIpc) is 2.57. The van der Waals surface area contributed by atoms with Gasteiger partial charge < -0.3 is 10.1 Å². The molecule has 2 N–H and O–H groups in total. The summed E-state index contributed by atoms with van der Waals surface area (Å²) >= 11 is 5.13. The van der Waals surface area contributed by atoms with Crippen molar-refractivity contribution in [3.63, 3.8) is 0 Å². The number of thiocarbonyl (C=S) groups is 1. The molecule has 7 nitrogen and oxygen atoms in total. The minimum atomic E-state index is -0.421. The van der Waals surface area contributed by atoms with Gasteiger partial charge in [0.05, 0.1) is 18.2 Å². The Kier molecular flexibility index (Phi) is 5.80. The van der Waals surface area contributed by atoms with Gasteiger partial charge in [-0.05, 0) is 43.4 Å². The molecule has 24 heavy (non-hydrogen) atoms. The topological polar surface area (TPSA) is 88.8 Å². The zero-order valence-corrected chi connectivity index (χ0v) is 14.0. The van der Waals surface area contributed by atoms with Crippen LogP contribution >= 0.6 is 12.2 Å². The fourth-order valence-corrected chi connectivity index (χ4v) is 2.07. The molecule has 0 aliphatic rings. The second-order valence-corrected chi connectivity index (χ2v) is 5.26. The molecule has 0 radical (unpaired) electrons. The van der Waals surface area contributed by atoms with Gasteiger partial charge in [0, 0.05) is 22.9 Å². The van der Waals surface area contributed by atoms with Gasteiger partial charge in [-0.1, -0.05) is 12.1 Å². The largest absolute Gasteiger partial charge is 0.497 e. The van der Waals surface area contributed by atoms with E-state index >= 15 is 0 Å². The zero-order valence-electron chi connectivity index (χ0n) is 13.1. The summed E-state index contributed by atoms with van der Waals surface area (Å²) < 4.78 is 5.08. The van der Waals surface area contributed by atoms with E-state index in [1.807, 2.05) is 12.1 Å². The van der Waals surface area contributed by atoms with Crippen LogP contribution < -0.4 is 15.5 Å². The highest BCUT2D eigenvalue weighted by Crippen LogP contribution is 2.18. The van der Waals surface area contributed by atoms with E-state index in [2.05, 4.69) is 15.8 Å². The summed E-state index contributed by atoms with van der Waals surface area (Å²) in [6.45, 7) is 1.69. The molecule has 2 aromatic carbocycles. The Morgan fingerprint density at radius 3 is 2.62 bits per heavy atom. The lowest BCUT2D eigenvalue weighted by Crippen LogP contribution is -2.23. The molecule has 0 saturated carbocycles. The second-order valence-electron chi connectivity index (χ2n) is 4.86. The van der Waals surface area contributed by atoms with Crippen molar-refractivity contribution in [2.24, 2.45) is 5.10 Å². The third-order valence-electron chi connectivity index (χ3n) is 3.16. The number of ether oxygens (including phenoxy) is 1. The molecule has 0 atom stereocenters. The lowest BCUT2D eigenvalue weighted by molar-refractivity contribution is -0.385. The van der Waals surface area contributed by atoms with Crippen molar-refractivity contribution < 1.29 is 9.66 Å². The summed E-state index contributed by atoms with van der Waals surface area (Å²) in [4.78, 5) is 10.5. The number of nitro groups is 1. The molecule has 8 heteroatoms. The predicted octanol–water partition coefficient (Wildman–Crippen LogP) is 3.23. The van der Waals surface area contributed by atoms with Gasteiger partial charge in [0.2, 0.25) is 0 Å². The van der Waals surface area contributed by atoms with Crippen molar-refractivity contribution >= 4 is 34.9 Å². The van der Waals surface area contributed by atoms with Gasteiger partial charge in [-0.25, -0.2) is 0 Å². The van der Waals surface area contributed by atoms with Crippen LogP contribution in [0.1, 0.15) is 11.1 Å². The van der Waals surface area contributed by atoms with Crippen molar-refractivity contribution in [1.82, 2.24) is 5.43 Å². The Morgan fingerprint density at radius 2 is 2.00 bits per heavy atom. The number of nitro benzene ring substituents is 1.